The van der Waals surface area contributed by atoms with Crippen molar-refractivity contribution >= 4 is 21.9 Å². The molecule has 1 heterocycles. The number of ether oxygens (including phenoxy) is 1. The molecule has 0 bridgehead atoms. The Morgan fingerprint density at radius 1 is 1.33 bits per heavy atom. The lowest BCUT2D eigenvalue weighted by atomic mass is 10.0. The highest BCUT2D eigenvalue weighted by molar-refractivity contribution is 9.10. The molecule has 0 unspecified atom stereocenters. The zero-order valence-corrected chi connectivity index (χ0v) is 13.4. The molecule has 6 heteroatoms. The molecule has 0 aliphatic carbocycles. The largest absolute Gasteiger partial charge is 0.469 e. The Labute approximate surface area is 130 Å². The molecule has 0 aliphatic rings. The standard InChI is InChI=1S/C15H15BrN2O3/c1-10-14(16)15(20)18(9-17-10)8-12-6-4-3-5-11(12)7-13(19)21-2/h3-6,9H,7-8H2,1-2H3. The van der Waals surface area contributed by atoms with Gasteiger partial charge in [0.15, 0.2) is 0 Å². The van der Waals surface area contributed by atoms with E-state index in [0.717, 1.165) is 11.1 Å². The predicted octanol–water partition coefficient (Wildman–Crippen LogP) is 2.08. The summed E-state index contributed by atoms with van der Waals surface area (Å²) in [6.45, 7) is 2.12. The van der Waals surface area contributed by atoms with Crippen LogP contribution in [0.3, 0.4) is 0 Å². The van der Waals surface area contributed by atoms with E-state index >= 15 is 0 Å². The van der Waals surface area contributed by atoms with Crippen LogP contribution in [0.4, 0.5) is 0 Å². The second-order valence-corrected chi connectivity index (χ2v) is 5.39. The van der Waals surface area contributed by atoms with Crippen molar-refractivity contribution in [2.45, 2.75) is 19.9 Å². The highest BCUT2D eigenvalue weighted by Gasteiger charge is 2.10. The van der Waals surface area contributed by atoms with Crippen LogP contribution >= 0.6 is 15.9 Å². The summed E-state index contributed by atoms with van der Waals surface area (Å²) in [5, 5.41) is 0. The number of nitrogens with zero attached hydrogens (tertiary/aromatic N) is 2. The molecule has 0 saturated carbocycles. The molecule has 0 aliphatic heterocycles. The molecule has 0 saturated heterocycles. The fourth-order valence-electron chi connectivity index (χ4n) is 1.95. The first kappa shape index (κ1) is 15.4. The maximum Gasteiger partial charge on any atom is 0.309 e. The molecule has 21 heavy (non-hydrogen) atoms. The Balaban J connectivity index is 2.34. The van der Waals surface area contributed by atoms with E-state index in [1.807, 2.05) is 24.3 Å². The van der Waals surface area contributed by atoms with Crippen LogP contribution in [0.15, 0.2) is 39.9 Å². The van der Waals surface area contributed by atoms with Gasteiger partial charge in [-0.25, -0.2) is 4.98 Å². The third-order valence-electron chi connectivity index (χ3n) is 3.18. The second-order valence-electron chi connectivity index (χ2n) is 4.60. The van der Waals surface area contributed by atoms with Crippen molar-refractivity contribution in [3.8, 4) is 0 Å². The van der Waals surface area contributed by atoms with Crippen molar-refractivity contribution in [1.29, 1.82) is 0 Å². The van der Waals surface area contributed by atoms with Gasteiger partial charge >= 0.3 is 5.97 Å². The average molecular weight is 351 g/mol. The van der Waals surface area contributed by atoms with Gasteiger partial charge in [0, 0.05) is 0 Å². The number of carbonyl (C=O) groups excluding carboxylic acids is 1. The Morgan fingerprint density at radius 2 is 2.00 bits per heavy atom. The van der Waals surface area contributed by atoms with E-state index in [0.29, 0.717) is 16.7 Å². The molecule has 2 rings (SSSR count). The summed E-state index contributed by atoms with van der Waals surface area (Å²) in [5.74, 6) is -0.307. The van der Waals surface area contributed by atoms with Crippen molar-refractivity contribution in [1.82, 2.24) is 9.55 Å². The van der Waals surface area contributed by atoms with Gasteiger partial charge in [0.1, 0.15) is 4.47 Å². The molecule has 2 aromatic rings. The van der Waals surface area contributed by atoms with Crippen molar-refractivity contribution in [2.24, 2.45) is 0 Å². The molecule has 0 N–H and O–H groups in total. The van der Waals surface area contributed by atoms with Crippen LogP contribution in [-0.4, -0.2) is 22.6 Å². The first-order valence-electron chi connectivity index (χ1n) is 6.38. The minimum absolute atomic E-state index is 0.143. The predicted molar refractivity (Wildman–Crippen MR) is 82.2 cm³/mol. The maximum absolute atomic E-state index is 12.2. The molecule has 0 atom stereocenters. The quantitative estimate of drug-likeness (QED) is 0.792. The number of rotatable bonds is 4. The zero-order valence-electron chi connectivity index (χ0n) is 11.8. The molecule has 5 nitrogen and oxygen atoms in total. The van der Waals surface area contributed by atoms with E-state index in [9.17, 15) is 9.59 Å². The van der Waals surface area contributed by atoms with Crippen molar-refractivity contribution in [2.75, 3.05) is 7.11 Å². The van der Waals surface area contributed by atoms with Gasteiger partial charge in [-0.05, 0) is 34.0 Å². The van der Waals surface area contributed by atoms with E-state index in [2.05, 4.69) is 20.9 Å². The Kier molecular flexibility index (Phi) is 4.90. The van der Waals surface area contributed by atoms with Gasteiger partial charge in [-0.2, -0.15) is 0 Å². The minimum Gasteiger partial charge on any atom is -0.469 e. The molecular weight excluding hydrogens is 336 g/mol. The molecule has 110 valence electrons. The molecular formula is C15H15BrN2O3. The fourth-order valence-corrected chi connectivity index (χ4v) is 2.28. The molecule has 0 amide bonds. The first-order valence-corrected chi connectivity index (χ1v) is 7.17. The van der Waals surface area contributed by atoms with Crippen LogP contribution in [0, 0.1) is 6.92 Å². The Morgan fingerprint density at radius 3 is 2.67 bits per heavy atom. The van der Waals surface area contributed by atoms with E-state index in [1.54, 1.807) is 6.92 Å². The van der Waals surface area contributed by atoms with Crippen LogP contribution in [0.25, 0.3) is 0 Å². The minimum atomic E-state index is -0.307. The van der Waals surface area contributed by atoms with E-state index in [1.165, 1.54) is 18.0 Å². The van der Waals surface area contributed by atoms with Gasteiger partial charge in [-0.1, -0.05) is 24.3 Å². The van der Waals surface area contributed by atoms with Crippen LogP contribution in [-0.2, 0) is 22.5 Å². The average Bonchev–Trinajstić information content (AvgIpc) is 2.49. The van der Waals surface area contributed by atoms with Crippen LogP contribution in [0.5, 0.6) is 0 Å². The van der Waals surface area contributed by atoms with Crippen molar-refractivity contribution in [3.05, 3.63) is 62.2 Å². The van der Waals surface area contributed by atoms with Gasteiger partial charge in [0.2, 0.25) is 0 Å². The second kappa shape index (κ2) is 6.67. The lowest BCUT2D eigenvalue weighted by Crippen LogP contribution is -2.23. The number of halogens is 1. The molecule has 0 radical (unpaired) electrons. The van der Waals surface area contributed by atoms with E-state index in [-0.39, 0.29) is 17.9 Å². The number of esters is 1. The summed E-state index contributed by atoms with van der Waals surface area (Å²) in [6, 6.07) is 7.47. The van der Waals surface area contributed by atoms with Crippen molar-refractivity contribution in [3.63, 3.8) is 0 Å². The van der Waals surface area contributed by atoms with Crippen molar-refractivity contribution < 1.29 is 9.53 Å². The molecule has 1 aromatic heterocycles. The van der Waals surface area contributed by atoms with E-state index in [4.69, 9.17) is 4.74 Å². The highest BCUT2D eigenvalue weighted by Crippen LogP contribution is 2.13. The van der Waals surface area contributed by atoms with Crippen LogP contribution < -0.4 is 5.56 Å². The van der Waals surface area contributed by atoms with Gasteiger partial charge in [0.25, 0.3) is 5.56 Å². The summed E-state index contributed by atoms with van der Waals surface area (Å²) < 4.78 is 6.65. The SMILES string of the molecule is COC(=O)Cc1ccccc1Cn1cnc(C)c(Br)c1=O. The summed E-state index contributed by atoms with van der Waals surface area (Å²) in [5.41, 5.74) is 2.24. The maximum atomic E-state index is 12.2. The summed E-state index contributed by atoms with van der Waals surface area (Å²) in [4.78, 5) is 27.8. The van der Waals surface area contributed by atoms with Gasteiger partial charge in [-0.3, -0.25) is 14.2 Å². The Bertz CT molecular complexity index is 725. The third-order valence-corrected chi connectivity index (χ3v) is 4.09. The zero-order chi connectivity index (χ0) is 15.4. The summed E-state index contributed by atoms with van der Waals surface area (Å²) >= 11 is 3.24. The monoisotopic (exact) mass is 350 g/mol. The summed E-state index contributed by atoms with van der Waals surface area (Å²) in [6.07, 6.45) is 1.69. The topological polar surface area (TPSA) is 61.2 Å². The number of methoxy groups -OCH3 is 1. The number of aryl methyl sites for hydroxylation is 1. The number of benzene rings is 1. The molecule has 0 spiro atoms. The normalized spacial score (nSPS) is 10.4. The molecule has 0 fully saturated rings. The Hall–Kier alpha value is -1.95. The lowest BCUT2D eigenvalue weighted by molar-refractivity contribution is -0.139. The highest BCUT2D eigenvalue weighted by atomic mass is 79.9. The number of hydrogen-bond donors (Lipinski definition) is 0. The summed E-state index contributed by atoms with van der Waals surface area (Å²) in [7, 11) is 1.36. The third kappa shape index (κ3) is 3.58. The molecule has 1 aromatic carbocycles. The van der Waals surface area contributed by atoms with Crippen LogP contribution in [0.2, 0.25) is 0 Å². The fraction of sp³-hybridized carbons (Fsp3) is 0.267. The lowest BCUT2D eigenvalue weighted by Gasteiger charge is -2.11. The number of carbonyl (C=O) groups is 1. The van der Waals surface area contributed by atoms with Gasteiger partial charge in [-0.15, -0.1) is 0 Å². The van der Waals surface area contributed by atoms with Gasteiger partial charge in [0.05, 0.1) is 32.1 Å². The van der Waals surface area contributed by atoms with E-state index < -0.39 is 0 Å². The number of aromatic nitrogens is 2. The first-order chi connectivity index (χ1) is 10.0. The smallest absolute Gasteiger partial charge is 0.309 e. The van der Waals surface area contributed by atoms with Crippen LogP contribution in [0.1, 0.15) is 16.8 Å². The number of hydrogen-bond acceptors (Lipinski definition) is 4. The van der Waals surface area contributed by atoms with Gasteiger partial charge < -0.3 is 4.74 Å².